The van der Waals surface area contributed by atoms with Gasteiger partial charge in [-0.05, 0) is 85.9 Å². The topological polar surface area (TPSA) is 83.4 Å². The third-order valence-corrected chi connectivity index (χ3v) is 9.72. The molecule has 240 valence electrons. The summed E-state index contributed by atoms with van der Waals surface area (Å²) in [4.78, 5) is 29.1. The Morgan fingerprint density at radius 2 is 1.98 bits per heavy atom. The van der Waals surface area contributed by atoms with Gasteiger partial charge in [0.1, 0.15) is 12.2 Å². The summed E-state index contributed by atoms with van der Waals surface area (Å²) < 4.78 is 45.4. The fourth-order valence-corrected chi connectivity index (χ4v) is 7.40. The number of carbonyl (C=O) groups excluding carboxylic acids is 2. The van der Waals surface area contributed by atoms with E-state index in [1.807, 2.05) is 29.8 Å². The van der Waals surface area contributed by atoms with Gasteiger partial charge in [0.2, 0.25) is 0 Å². The molecule has 2 aromatic carbocycles. The minimum absolute atomic E-state index is 0.0278. The molecule has 6 rings (SSSR count). The van der Waals surface area contributed by atoms with E-state index in [2.05, 4.69) is 40.9 Å². The standard InChI is InChI=1S/C35H37F3N6O2/c1-6-8-31(45)43-12-11-24(18-43)22(3)40-23(4)25-13-28-29(30(14-25)35(36,37)38)19-44(32(28)46)27-10-7-9-26(15-27)34(16-21(2)17-34)33-41-39-20-42(33)5/h7,9-10,13-15,20-21,23-24,40H,3,11-12,16-19H2,1-2,4-5H3/t21?,23-,24-,34?/m1/s1. The SMILES string of the molecule is C=C(N[C@H](C)c1cc2c(c(C(F)(F)F)c1)CN(c1cccc(C3(c4nncn4C)CC(C)C3)c1)C2=O)[C@@H]1CCN(C(=O)C#CC)C1. The van der Waals surface area contributed by atoms with Crippen molar-refractivity contribution in [3.63, 3.8) is 0 Å². The number of benzene rings is 2. The first-order valence-corrected chi connectivity index (χ1v) is 15.5. The fraction of sp³-hybridized carbons (Fsp3) is 0.429. The van der Waals surface area contributed by atoms with Crippen LogP contribution in [0.5, 0.6) is 0 Å². The van der Waals surface area contributed by atoms with Gasteiger partial charge in [0.25, 0.3) is 11.8 Å². The number of likely N-dealkylation sites (tertiary alicyclic amines) is 1. The smallest absolute Gasteiger partial charge is 0.382 e. The molecule has 3 heterocycles. The number of hydrogen-bond donors (Lipinski definition) is 1. The van der Waals surface area contributed by atoms with Gasteiger partial charge in [-0.25, -0.2) is 0 Å². The van der Waals surface area contributed by atoms with Crippen LogP contribution < -0.4 is 10.2 Å². The number of alkyl halides is 3. The van der Waals surface area contributed by atoms with Crippen molar-refractivity contribution in [2.24, 2.45) is 18.9 Å². The quantitative estimate of drug-likeness (QED) is 0.337. The van der Waals surface area contributed by atoms with Crippen molar-refractivity contribution in [2.45, 2.75) is 64.2 Å². The van der Waals surface area contributed by atoms with Gasteiger partial charge < -0.3 is 19.7 Å². The zero-order valence-electron chi connectivity index (χ0n) is 26.4. The molecule has 1 aliphatic carbocycles. The van der Waals surface area contributed by atoms with Gasteiger partial charge in [0.05, 0.1) is 17.5 Å². The average molecular weight is 631 g/mol. The second-order valence-electron chi connectivity index (χ2n) is 12.9. The second-order valence-corrected chi connectivity index (χ2v) is 12.9. The predicted molar refractivity (Wildman–Crippen MR) is 167 cm³/mol. The van der Waals surface area contributed by atoms with Crippen LogP contribution in [-0.2, 0) is 30.0 Å². The van der Waals surface area contributed by atoms with E-state index in [4.69, 9.17) is 0 Å². The summed E-state index contributed by atoms with van der Waals surface area (Å²) in [5.41, 5.74) is 1.30. The predicted octanol–water partition coefficient (Wildman–Crippen LogP) is 5.75. The molecule has 11 heteroatoms. The van der Waals surface area contributed by atoms with Gasteiger partial charge in [-0.1, -0.05) is 31.6 Å². The number of fused-ring (bicyclic) bond motifs is 1. The second kappa shape index (κ2) is 11.6. The summed E-state index contributed by atoms with van der Waals surface area (Å²) in [5.74, 6) is 5.68. The number of carbonyl (C=O) groups is 2. The number of halogens is 3. The third-order valence-electron chi connectivity index (χ3n) is 9.72. The van der Waals surface area contributed by atoms with E-state index in [1.165, 1.54) is 4.90 Å². The number of aryl methyl sites for hydroxylation is 1. The van der Waals surface area contributed by atoms with E-state index in [1.54, 1.807) is 37.2 Å². The Hall–Kier alpha value is -4.59. The maximum atomic E-state index is 14.5. The van der Waals surface area contributed by atoms with Crippen LogP contribution in [0.4, 0.5) is 18.9 Å². The fourth-order valence-electron chi connectivity index (χ4n) is 7.40. The monoisotopic (exact) mass is 630 g/mol. The molecule has 0 radical (unpaired) electrons. The van der Waals surface area contributed by atoms with Crippen molar-refractivity contribution in [3.8, 4) is 11.8 Å². The van der Waals surface area contributed by atoms with Crippen LogP contribution in [0.15, 0.2) is 55.0 Å². The van der Waals surface area contributed by atoms with Crippen LogP contribution in [0.2, 0.25) is 0 Å². The van der Waals surface area contributed by atoms with Gasteiger partial charge in [0, 0.05) is 49.0 Å². The average Bonchev–Trinajstić information content (AvgIpc) is 3.74. The van der Waals surface area contributed by atoms with Gasteiger partial charge in [0.15, 0.2) is 0 Å². The molecule has 3 aliphatic rings. The van der Waals surface area contributed by atoms with Crippen molar-refractivity contribution in [3.05, 3.63) is 88.6 Å². The van der Waals surface area contributed by atoms with Crippen LogP contribution in [0, 0.1) is 23.7 Å². The molecular weight excluding hydrogens is 593 g/mol. The van der Waals surface area contributed by atoms with Crippen LogP contribution >= 0.6 is 0 Å². The number of aromatic nitrogens is 3. The molecule has 0 spiro atoms. The van der Waals surface area contributed by atoms with Crippen molar-refractivity contribution in [1.82, 2.24) is 25.0 Å². The van der Waals surface area contributed by atoms with Crippen LogP contribution in [0.1, 0.15) is 84.5 Å². The highest BCUT2D eigenvalue weighted by atomic mass is 19.4. The lowest BCUT2D eigenvalue weighted by atomic mass is 9.58. The van der Waals surface area contributed by atoms with Crippen LogP contribution in [0.3, 0.4) is 0 Å². The molecule has 1 saturated carbocycles. The van der Waals surface area contributed by atoms with Gasteiger partial charge in [-0.3, -0.25) is 9.59 Å². The normalized spacial score (nSPS) is 23.0. The maximum Gasteiger partial charge on any atom is 0.416 e. The van der Waals surface area contributed by atoms with Crippen molar-refractivity contribution in [2.75, 3.05) is 18.0 Å². The highest BCUT2D eigenvalue weighted by molar-refractivity contribution is 6.10. The zero-order valence-corrected chi connectivity index (χ0v) is 26.4. The molecule has 0 unspecified atom stereocenters. The lowest BCUT2D eigenvalue weighted by Gasteiger charge is -2.46. The summed E-state index contributed by atoms with van der Waals surface area (Å²) in [7, 11) is 1.90. The lowest BCUT2D eigenvalue weighted by molar-refractivity contribution is -0.138. The molecule has 3 aromatic rings. The number of nitrogens with zero attached hydrogens (tertiary/aromatic N) is 5. The molecule has 1 saturated heterocycles. The van der Waals surface area contributed by atoms with Crippen LogP contribution in [0.25, 0.3) is 0 Å². The first kappa shape index (κ1) is 31.4. The molecule has 1 N–H and O–H groups in total. The molecule has 0 bridgehead atoms. The number of hydrogen-bond acceptors (Lipinski definition) is 5. The molecule has 1 aromatic heterocycles. The highest BCUT2D eigenvalue weighted by Crippen LogP contribution is 2.52. The van der Waals surface area contributed by atoms with Crippen LogP contribution in [-0.4, -0.2) is 44.6 Å². The number of nitrogens with one attached hydrogen (secondary N) is 1. The van der Waals surface area contributed by atoms with Crippen molar-refractivity contribution in [1.29, 1.82) is 0 Å². The Labute approximate surface area is 266 Å². The van der Waals surface area contributed by atoms with Gasteiger partial charge >= 0.3 is 6.18 Å². The molecule has 8 nitrogen and oxygen atoms in total. The summed E-state index contributed by atoms with van der Waals surface area (Å²) in [5, 5.41) is 11.7. The summed E-state index contributed by atoms with van der Waals surface area (Å²) in [6, 6.07) is 9.67. The molecule has 46 heavy (non-hydrogen) atoms. The summed E-state index contributed by atoms with van der Waals surface area (Å²) >= 11 is 0. The number of amides is 2. The largest absolute Gasteiger partial charge is 0.416 e. The molecule has 2 fully saturated rings. The van der Waals surface area contributed by atoms with E-state index in [0.29, 0.717) is 42.4 Å². The van der Waals surface area contributed by atoms with Gasteiger partial charge in [-0.2, -0.15) is 13.2 Å². The Kier molecular flexibility index (Phi) is 7.95. The summed E-state index contributed by atoms with van der Waals surface area (Å²) in [6.07, 6.45) is -0.595. The lowest BCUT2D eigenvalue weighted by Crippen LogP contribution is -2.43. The van der Waals surface area contributed by atoms with Gasteiger partial charge in [-0.15, -0.1) is 10.2 Å². The number of anilines is 1. The highest BCUT2D eigenvalue weighted by Gasteiger charge is 2.48. The zero-order chi connectivity index (χ0) is 33.0. The van der Waals surface area contributed by atoms with E-state index in [0.717, 1.165) is 30.3 Å². The Bertz CT molecular complexity index is 1780. The molecule has 2 atom stereocenters. The van der Waals surface area contributed by atoms with E-state index in [-0.39, 0.29) is 34.9 Å². The first-order valence-electron chi connectivity index (χ1n) is 15.5. The first-order chi connectivity index (χ1) is 21.8. The Morgan fingerprint density at radius 1 is 1.22 bits per heavy atom. The maximum absolute atomic E-state index is 14.5. The van der Waals surface area contributed by atoms with Crippen molar-refractivity contribution >= 4 is 17.5 Å². The van der Waals surface area contributed by atoms with E-state index < -0.39 is 23.7 Å². The molecule has 2 amide bonds. The van der Waals surface area contributed by atoms with E-state index in [9.17, 15) is 22.8 Å². The minimum Gasteiger partial charge on any atom is -0.382 e. The number of rotatable bonds is 7. The summed E-state index contributed by atoms with van der Waals surface area (Å²) in [6.45, 7) is 10.5. The molecular formula is C35H37F3N6O2. The van der Waals surface area contributed by atoms with Crippen molar-refractivity contribution < 1.29 is 22.8 Å². The third kappa shape index (κ3) is 5.44. The Balaban J connectivity index is 1.27. The van der Waals surface area contributed by atoms with E-state index >= 15 is 0 Å². The Morgan fingerprint density at radius 3 is 2.63 bits per heavy atom. The molecule has 2 aliphatic heterocycles. The minimum atomic E-state index is -4.65.